The third-order valence-electron chi connectivity index (χ3n) is 2.19. The van der Waals surface area contributed by atoms with E-state index in [1.807, 2.05) is 0 Å². The molecule has 1 aromatic carbocycles. The SMILES string of the molecule is COc1ccc(OC)c(/C(C)=N/OCC(=O)O)c1. The maximum absolute atomic E-state index is 10.3. The zero-order chi connectivity index (χ0) is 13.5. The number of aliphatic carboxylic acids is 1. The first kappa shape index (κ1) is 13.8. The van der Waals surface area contributed by atoms with Crippen LogP contribution < -0.4 is 9.47 Å². The summed E-state index contributed by atoms with van der Waals surface area (Å²) in [4.78, 5) is 15.0. The second kappa shape index (κ2) is 6.48. The average Bonchev–Trinajstić information content (AvgIpc) is 2.37. The van der Waals surface area contributed by atoms with Crippen molar-refractivity contribution in [3.05, 3.63) is 23.8 Å². The Morgan fingerprint density at radius 2 is 2.06 bits per heavy atom. The number of carboxylic acid groups (broad SMARTS) is 1. The van der Waals surface area contributed by atoms with Crippen LogP contribution in [-0.2, 0) is 9.63 Å². The summed E-state index contributed by atoms with van der Waals surface area (Å²) >= 11 is 0. The molecule has 0 fully saturated rings. The molecule has 0 radical (unpaired) electrons. The largest absolute Gasteiger partial charge is 0.497 e. The molecule has 0 spiro atoms. The second-order valence-corrected chi connectivity index (χ2v) is 3.41. The van der Waals surface area contributed by atoms with Crippen LogP contribution in [0.1, 0.15) is 12.5 Å². The molecular weight excluding hydrogens is 238 g/mol. The van der Waals surface area contributed by atoms with Crippen molar-refractivity contribution in [2.24, 2.45) is 5.16 Å². The Labute approximate surface area is 105 Å². The molecule has 98 valence electrons. The molecule has 1 N–H and O–H groups in total. The van der Waals surface area contributed by atoms with Gasteiger partial charge in [0.2, 0.25) is 6.61 Å². The Bertz CT molecular complexity index is 456. The van der Waals surface area contributed by atoms with Crippen LogP contribution in [0.25, 0.3) is 0 Å². The normalized spacial score (nSPS) is 10.9. The van der Waals surface area contributed by atoms with Gasteiger partial charge in [0, 0.05) is 5.56 Å². The molecule has 0 heterocycles. The molecule has 0 atom stereocenters. The average molecular weight is 253 g/mol. The number of carboxylic acids is 1. The molecule has 6 heteroatoms. The second-order valence-electron chi connectivity index (χ2n) is 3.41. The van der Waals surface area contributed by atoms with Gasteiger partial charge in [-0.05, 0) is 25.1 Å². The minimum atomic E-state index is -1.08. The molecule has 18 heavy (non-hydrogen) atoms. The number of hydrogen-bond donors (Lipinski definition) is 1. The predicted molar refractivity (Wildman–Crippen MR) is 65.3 cm³/mol. The monoisotopic (exact) mass is 253 g/mol. The first-order valence-corrected chi connectivity index (χ1v) is 5.19. The van der Waals surface area contributed by atoms with Crippen molar-refractivity contribution in [3.63, 3.8) is 0 Å². The molecule has 0 aromatic heterocycles. The molecule has 1 rings (SSSR count). The highest BCUT2D eigenvalue weighted by molar-refractivity contribution is 6.01. The molecule has 0 saturated carbocycles. The number of hydrogen-bond acceptors (Lipinski definition) is 5. The van der Waals surface area contributed by atoms with E-state index in [2.05, 4.69) is 9.99 Å². The van der Waals surface area contributed by atoms with E-state index < -0.39 is 12.6 Å². The molecule has 0 aliphatic rings. The first-order valence-electron chi connectivity index (χ1n) is 5.19. The van der Waals surface area contributed by atoms with Gasteiger partial charge in [0.1, 0.15) is 11.5 Å². The highest BCUT2D eigenvalue weighted by atomic mass is 16.6. The Kier molecular flexibility index (Phi) is 4.98. The summed E-state index contributed by atoms with van der Waals surface area (Å²) in [7, 11) is 3.09. The molecule has 0 saturated heterocycles. The predicted octanol–water partition coefficient (Wildman–Crippen LogP) is 1.53. The molecule has 6 nitrogen and oxygen atoms in total. The van der Waals surface area contributed by atoms with Gasteiger partial charge < -0.3 is 19.4 Å². The quantitative estimate of drug-likeness (QED) is 0.614. The number of rotatable bonds is 6. The Balaban J connectivity index is 2.94. The van der Waals surface area contributed by atoms with Gasteiger partial charge in [0.15, 0.2) is 0 Å². The Morgan fingerprint density at radius 1 is 1.33 bits per heavy atom. The minimum Gasteiger partial charge on any atom is -0.497 e. The van der Waals surface area contributed by atoms with E-state index in [0.29, 0.717) is 22.8 Å². The topological polar surface area (TPSA) is 77.3 Å². The highest BCUT2D eigenvalue weighted by Gasteiger charge is 2.09. The zero-order valence-electron chi connectivity index (χ0n) is 10.5. The van der Waals surface area contributed by atoms with Gasteiger partial charge in [0.05, 0.1) is 19.9 Å². The third kappa shape index (κ3) is 3.65. The smallest absolute Gasteiger partial charge is 0.344 e. The Hall–Kier alpha value is -2.24. The number of carbonyl (C=O) groups is 1. The van der Waals surface area contributed by atoms with E-state index in [0.717, 1.165) is 0 Å². The lowest BCUT2D eigenvalue weighted by Gasteiger charge is -2.09. The van der Waals surface area contributed by atoms with E-state index in [4.69, 9.17) is 14.6 Å². The fourth-order valence-corrected chi connectivity index (χ4v) is 1.33. The van der Waals surface area contributed by atoms with Crippen LogP contribution >= 0.6 is 0 Å². The lowest BCUT2D eigenvalue weighted by atomic mass is 10.1. The number of nitrogens with zero attached hydrogens (tertiary/aromatic N) is 1. The van der Waals surface area contributed by atoms with Crippen molar-refractivity contribution in [1.82, 2.24) is 0 Å². The van der Waals surface area contributed by atoms with Crippen molar-refractivity contribution in [3.8, 4) is 11.5 Å². The number of benzene rings is 1. The summed E-state index contributed by atoms with van der Waals surface area (Å²) in [6, 6.07) is 5.24. The van der Waals surface area contributed by atoms with E-state index in [9.17, 15) is 4.79 Å². The lowest BCUT2D eigenvalue weighted by Crippen LogP contribution is -2.06. The molecule has 0 aliphatic heterocycles. The fraction of sp³-hybridized carbons (Fsp3) is 0.333. The van der Waals surface area contributed by atoms with Crippen molar-refractivity contribution in [1.29, 1.82) is 0 Å². The van der Waals surface area contributed by atoms with Crippen LogP contribution in [0.4, 0.5) is 0 Å². The van der Waals surface area contributed by atoms with Gasteiger partial charge in [-0.1, -0.05) is 5.16 Å². The fourth-order valence-electron chi connectivity index (χ4n) is 1.33. The summed E-state index contributed by atoms with van der Waals surface area (Å²) in [5.74, 6) is 0.179. The zero-order valence-corrected chi connectivity index (χ0v) is 10.5. The molecule has 0 amide bonds. The summed E-state index contributed by atoms with van der Waals surface area (Å²) in [6.07, 6.45) is 0. The molecular formula is C12H15NO5. The summed E-state index contributed by atoms with van der Waals surface area (Å²) in [5, 5.41) is 12.2. The van der Waals surface area contributed by atoms with Gasteiger partial charge in [-0.15, -0.1) is 0 Å². The van der Waals surface area contributed by atoms with Crippen LogP contribution in [0.3, 0.4) is 0 Å². The molecule has 0 aliphatic carbocycles. The third-order valence-corrected chi connectivity index (χ3v) is 2.19. The van der Waals surface area contributed by atoms with Crippen molar-refractivity contribution >= 4 is 11.7 Å². The minimum absolute atomic E-state index is 0.483. The van der Waals surface area contributed by atoms with E-state index >= 15 is 0 Å². The number of ether oxygens (including phenoxy) is 2. The van der Waals surface area contributed by atoms with Crippen molar-refractivity contribution in [2.75, 3.05) is 20.8 Å². The van der Waals surface area contributed by atoms with Gasteiger partial charge in [-0.2, -0.15) is 0 Å². The van der Waals surface area contributed by atoms with Crippen molar-refractivity contribution < 1.29 is 24.2 Å². The summed E-state index contributed by atoms with van der Waals surface area (Å²) < 4.78 is 10.3. The number of oxime groups is 1. The van der Waals surface area contributed by atoms with E-state index in [1.54, 1.807) is 32.2 Å². The van der Waals surface area contributed by atoms with Gasteiger partial charge >= 0.3 is 5.97 Å². The maximum atomic E-state index is 10.3. The van der Waals surface area contributed by atoms with E-state index in [1.165, 1.54) is 7.11 Å². The van der Waals surface area contributed by atoms with Crippen LogP contribution in [0.2, 0.25) is 0 Å². The summed E-state index contributed by atoms with van der Waals surface area (Å²) in [6.45, 7) is 1.21. The van der Waals surface area contributed by atoms with Gasteiger partial charge in [-0.25, -0.2) is 4.79 Å². The van der Waals surface area contributed by atoms with Gasteiger partial charge in [-0.3, -0.25) is 0 Å². The first-order chi connectivity index (χ1) is 8.58. The Morgan fingerprint density at radius 3 is 2.61 bits per heavy atom. The van der Waals surface area contributed by atoms with Crippen LogP contribution in [0, 0.1) is 0 Å². The summed E-state index contributed by atoms with van der Waals surface area (Å²) in [5.41, 5.74) is 1.19. The lowest BCUT2D eigenvalue weighted by molar-refractivity contribution is -0.142. The van der Waals surface area contributed by atoms with Crippen molar-refractivity contribution in [2.45, 2.75) is 6.92 Å². The van der Waals surface area contributed by atoms with Crippen LogP contribution in [0.5, 0.6) is 11.5 Å². The van der Waals surface area contributed by atoms with E-state index in [-0.39, 0.29) is 0 Å². The van der Waals surface area contributed by atoms with Gasteiger partial charge in [0.25, 0.3) is 0 Å². The standard InChI is InChI=1S/C12H15NO5/c1-8(13-18-7-12(14)15)10-6-9(16-2)4-5-11(10)17-3/h4-6H,7H2,1-3H3,(H,14,15)/b13-8+. The highest BCUT2D eigenvalue weighted by Crippen LogP contribution is 2.24. The maximum Gasteiger partial charge on any atom is 0.344 e. The molecule has 1 aromatic rings. The van der Waals surface area contributed by atoms with Crippen LogP contribution in [-0.4, -0.2) is 37.6 Å². The molecule has 0 bridgehead atoms. The number of methoxy groups -OCH3 is 2. The van der Waals surface area contributed by atoms with Crippen LogP contribution in [0.15, 0.2) is 23.4 Å². The molecule has 0 unspecified atom stereocenters.